The van der Waals surface area contributed by atoms with Crippen LogP contribution < -0.4 is 27.4 Å². The van der Waals surface area contributed by atoms with Crippen molar-refractivity contribution >= 4 is 64.3 Å². The summed E-state index contributed by atoms with van der Waals surface area (Å²) in [7, 11) is 0. The average Bonchev–Trinajstić information content (AvgIpc) is 3.22. The molecule has 14 heteroatoms. The smallest absolute Gasteiger partial charge is 0.317 e. The number of urea groups is 1. The number of carbonyl (C=O) groups excluding carboxylic acids is 2. The summed E-state index contributed by atoms with van der Waals surface area (Å²) in [4.78, 5) is 38.6. The number of rotatable bonds is 5. The fraction of sp³-hybridized carbons (Fsp3) is 0.409. The van der Waals surface area contributed by atoms with Crippen molar-refractivity contribution in [1.82, 2.24) is 30.8 Å². The quantitative estimate of drug-likeness (QED) is 0.352. The molecule has 4 rings (SSSR count). The Kier molecular flexibility index (Phi) is 7.91. The van der Waals surface area contributed by atoms with E-state index in [-0.39, 0.29) is 34.1 Å². The van der Waals surface area contributed by atoms with Gasteiger partial charge in [0, 0.05) is 36.2 Å². The summed E-state index contributed by atoms with van der Waals surface area (Å²) in [6.07, 6.45) is 2.89. The molecule has 1 aromatic carbocycles. The number of guanidine groups is 1. The monoisotopic (exact) mass is 553 g/mol. The summed E-state index contributed by atoms with van der Waals surface area (Å²) in [5, 5.41) is 10.5. The third kappa shape index (κ3) is 6.03. The Balaban J connectivity index is 1.24. The lowest BCUT2D eigenvalue weighted by atomic mass is 9.89. The molecule has 192 valence electrons. The number of nitrogens with zero attached hydrogens (tertiary/aromatic N) is 4. The van der Waals surface area contributed by atoms with Gasteiger partial charge in [0.2, 0.25) is 0 Å². The first kappa shape index (κ1) is 26.1. The second-order valence-corrected chi connectivity index (χ2v) is 9.92. The molecule has 1 spiro atoms. The number of nitrogens with two attached hydrogens (primary N) is 2. The number of carbonyl (C=O) groups is 2. The number of aliphatic imine (C=N–C) groups is 1. The van der Waals surface area contributed by atoms with Crippen molar-refractivity contribution in [2.75, 3.05) is 37.6 Å². The number of aromatic nitrogens is 2. The van der Waals surface area contributed by atoms with Crippen molar-refractivity contribution in [2.24, 2.45) is 4.99 Å². The zero-order valence-corrected chi connectivity index (χ0v) is 21.6. The van der Waals surface area contributed by atoms with Crippen LogP contribution in [0.15, 0.2) is 23.2 Å². The molecule has 1 aromatic heterocycles. The highest BCUT2D eigenvalue weighted by molar-refractivity contribution is 6.35. The number of halogens is 3. The SMILES string of the molecule is Nc1nc(N)c(C(=O)/N=C2\NCC3(CCN(C(=O)NCCCc4ccc(Cl)cc4Cl)CC3)N2)nc1Cl. The Bertz CT molecular complexity index is 1200. The molecule has 0 radical (unpaired) electrons. The lowest BCUT2D eigenvalue weighted by Crippen LogP contribution is -2.55. The Labute approximate surface area is 223 Å². The van der Waals surface area contributed by atoms with Crippen LogP contribution in [0.1, 0.15) is 35.3 Å². The van der Waals surface area contributed by atoms with E-state index in [4.69, 9.17) is 46.3 Å². The van der Waals surface area contributed by atoms with E-state index in [0.717, 1.165) is 18.4 Å². The van der Waals surface area contributed by atoms with Crippen LogP contribution in [0.25, 0.3) is 0 Å². The number of hydrogen-bond donors (Lipinski definition) is 5. The van der Waals surface area contributed by atoms with Gasteiger partial charge < -0.3 is 32.3 Å². The van der Waals surface area contributed by atoms with Gasteiger partial charge in [-0.05, 0) is 43.4 Å². The molecule has 0 saturated carbocycles. The molecule has 11 nitrogen and oxygen atoms in total. The topological polar surface area (TPSA) is 164 Å². The first-order valence-corrected chi connectivity index (χ1v) is 12.5. The van der Waals surface area contributed by atoms with Gasteiger partial charge in [0.15, 0.2) is 28.4 Å². The third-order valence-electron chi connectivity index (χ3n) is 6.22. The van der Waals surface area contributed by atoms with Crippen LogP contribution >= 0.6 is 34.8 Å². The van der Waals surface area contributed by atoms with E-state index in [1.807, 2.05) is 6.07 Å². The van der Waals surface area contributed by atoms with E-state index in [9.17, 15) is 9.59 Å². The minimum atomic E-state index is -0.689. The first-order chi connectivity index (χ1) is 17.2. The van der Waals surface area contributed by atoms with Gasteiger partial charge in [-0.3, -0.25) is 4.79 Å². The summed E-state index contributed by atoms with van der Waals surface area (Å²) in [6.45, 7) is 2.24. The maximum Gasteiger partial charge on any atom is 0.317 e. The highest BCUT2D eigenvalue weighted by atomic mass is 35.5. The van der Waals surface area contributed by atoms with Crippen LogP contribution in [0.2, 0.25) is 15.2 Å². The molecule has 0 unspecified atom stereocenters. The Morgan fingerprint density at radius 3 is 2.61 bits per heavy atom. The number of nitrogen functional groups attached to an aromatic ring is 2. The van der Waals surface area contributed by atoms with E-state index >= 15 is 0 Å². The molecule has 2 saturated heterocycles. The fourth-order valence-electron chi connectivity index (χ4n) is 4.16. The summed E-state index contributed by atoms with van der Waals surface area (Å²) in [5.41, 5.74) is 11.8. The third-order valence-corrected chi connectivity index (χ3v) is 7.09. The summed E-state index contributed by atoms with van der Waals surface area (Å²) in [6, 6.07) is 5.32. The summed E-state index contributed by atoms with van der Waals surface area (Å²) in [5.74, 6) is -0.579. The van der Waals surface area contributed by atoms with Gasteiger partial charge in [-0.2, -0.15) is 4.99 Å². The highest BCUT2D eigenvalue weighted by Gasteiger charge is 2.40. The van der Waals surface area contributed by atoms with Crippen LogP contribution in [0.3, 0.4) is 0 Å². The molecule has 2 fully saturated rings. The maximum absolute atomic E-state index is 12.6. The van der Waals surface area contributed by atoms with Gasteiger partial charge in [-0.15, -0.1) is 0 Å². The van der Waals surface area contributed by atoms with Gasteiger partial charge >= 0.3 is 11.9 Å². The molecule has 2 aliphatic rings. The molecule has 3 amide bonds. The highest BCUT2D eigenvalue weighted by Crippen LogP contribution is 2.25. The van der Waals surface area contributed by atoms with Crippen LogP contribution in [0, 0.1) is 0 Å². The Morgan fingerprint density at radius 1 is 1.14 bits per heavy atom. The molecule has 0 bridgehead atoms. The second kappa shape index (κ2) is 10.9. The number of hydrogen-bond acceptors (Lipinski definition) is 6. The first-order valence-electron chi connectivity index (χ1n) is 11.4. The standard InChI is InChI=1S/C22H26Cl3N9O2/c23-13-4-3-12(14(24)10-13)2-1-7-28-21(36)34-8-5-22(6-9-34)11-29-20(33-22)32-19(35)15-17(26)31-18(27)16(25)30-15/h3-4,10H,1-2,5-9,11H2,(H,28,36)(H4,26,27,31)(H2,29,32,33,35). The van der Waals surface area contributed by atoms with Crippen molar-refractivity contribution in [2.45, 2.75) is 31.2 Å². The van der Waals surface area contributed by atoms with Crippen LogP contribution in [0.5, 0.6) is 0 Å². The number of anilines is 2. The van der Waals surface area contributed by atoms with Crippen molar-refractivity contribution in [3.05, 3.63) is 44.7 Å². The average molecular weight is 555 g/mol. The normalized spacial score (nSPS) is 17.6. The van der Waals surface area contributed by atoms with Crippen LogP contribution in [0.4, 0.5) is 16.4 Å². The predicted molar refractivity (Wildman–Crippen MR) is 140 cm³/mol. The molecule has 2 aliphatic heterocycles. The maximum atomic E-state index is 12.6. The van der Waals surface area contributed by atoms with Crippen LogP contribution in [-0.4, -0.2) is 64.5 Å². The molecule has 0 aliphatic carbocycles. The van der Waals surface area contributed by atoms with Crippen molar-refractivity contribution in [3.63, 3.8) is 0 Å². The van der Waals surface area contributed by atoms with E-state index < -0.39 is 5.91 Å². The van der Waals surface area contributed by atoms with Gasteiger partial charge in [-0.25, -0.2) is 14.8 Å². The second-order valence-electron chi connectivity index (χ2n) is 8.72. The molecule has 3 heterocycles. The van der Waals surface area contributed by atoms with E-state index in [0.29, 0.717) is 55.0 Å². The molecule has 0 atom stereocenters. The number of aryl methyl sites for hydroxylation is 1. The number of piperidine rings is 1. The summed E-state index contributed by atoms with van der Waals surface area (Å²) >= 11 is 18.0. The van der Waals surface area contributed by atoms with E-state index in [1.165, 1.54) is 0 Å². The van der Waals surface area contributed by atoms with Crippen molar-refractivity contribution < 1.29 is 9.59 Å². The zero-order chi connectivity index (χ0) is 25.9. The number of benzene rings is 1. The molecule has 36 heavy (non-hydrogen) atoms. The van der Waals surface area contributed by atoms with Crippen molar-refractivity contribution in [1.29, 1.82) is 0 Å². The van der Waals surface area contributed by atoms with Crippen LogP contribution in [-0.2, 0) is 6.42 Å². The minimum absolute atomic E-state index is 0.0591. The zero-order valence-electron chi connectivity index (χ0n) is 19.3. The van der Waals surface area contributed by atoms with Gasteiger partial charge in [0.25, 0.3) is 0 Å². The summed E-state index contributed by atoms with van der Waals surface area (Å²) < 4.78 is 0. The van der Waals surface area contributed by atoms with E-state index in [2.05, 4.69) is 30.9 Å². The Morgan fingerprint density at radius 2 is 1.89 bits per heavy atom. The van der Waals surface area contributed by atoms with E-state index in [1.54, 1.807) is 17.0 Å². The number of amides is 3. The van der Waals surface area contributed by atoms with Gasteiger partial charge in [0.05, 0.1) is 5.54 Å². The largest absolute Gasteiger partial charge is 0.382 e. The lowest BCUT2D eigenvalue weighted by molar-refractivity contribution is 0.0998. The molecule has 7 N–H and O–H groups in total. The predicted octanol–water partition coefficient (Wildman–Crippen LogP) is 2.47. The lowest BCUT2D eigenvalue weighted by Gasteiger charge is -2.38. The Hall–Kier alpha value is -3.02. The van der Waals surface area contributed by atoms with Gasteiger partial charge in [0.1, 0.15) is 0 Å². The fourth-order valence-corrected chi connectivity index (χ4v) is 4.79. The number of nitrogens with one attached hydrogen (secondary N) is 3. The molecular weight excluding hydrogens is 529 g/mol. The number of likely N-dealkylation sites (tertiary alicyclic amines) is 1. The molecular formula is C22H26Cl3N9O2. The van der Waals surface area contributed by atoms with Crippen molar-refractivity contribution in [3.8, 4) is 0 Å². The minimum Gasteiger partial charge on any atom is -0.382 e. The van der Waals surface area contributed by atoms with Gasteiger partial charge in [-0.1, -0.05) is 40.9 Å². The molecule has 2 aromatic rings.